The second-order valence-electron chi connectivity index (χ2n) is 4.19. The summed E-state index contributed by atoms with van der Waals surface area (Å²) in [6.45, 7) is 0. The molecule has 0 saturated heterocycles. The van der Waals surface area contributed by atoms with Crippen molar-refractivity contribution in [1.82, 2.24) is 0 Å². The summed E-state index contributed by atoms with van der Waals surface area (Å²) in [4.78, 5) is 23.6. The van der Waals surface area contributed by atoms with Crippen LogP contribution in [0.2, 0.25) is 0 Å². The molecule has 1 aliphatic rings. The van der Waals surface area contributed by atoms with Crippen LogP contribution in [0.1, 0.15) is 5.56 Å². The number of ether oxygens (including phenoxy) is 4. The third-order valence-corrected chi connectivity index (χ3v) is 3.01. The quantitative estimate of drug-likeness (QED) is 0.812. The van der Waals surface area contributed by atoms with Crippen LogP contribution >= 0.6 is 0 Å². The Morgan fingerprint density at radius 3 is 2.48 bits per heavy atom. The summed E-state index contributed by atoms with van der Waals surface area (Å²) >= 11 is 0. The van der Waals surface area contributed by atoms with Gasteiger partial charge in [0.05, 0.1) is 21.3 Å². The molecule has 0 spiro atoms. The Kier molecular flexibility index (Phi) is 3.86. The normalized spacial score (nSPS) is 19.7. The molecular formula is C14H14O7. The number of benzene rings is 1. The van der Waals surface area contributed by atoms with E-state index in [0.29, 0.717) is 11.3 Å². The van der Waals surface area contributed by atoms with Gasteiger partial charge < -0.3 is 24.1 Å². The van der Waals surface area contributed by atoms with Crippen LogP contribution in [-0.2, 0) is 19.1 Å². The van der Waals surface area contributed by atoms with E-state index in [2.05, 4.69) is 9.47 Å². The van der Waals surface area contributed by atoms with E-state index in [-0.39, 0.29) is 11.3 Å². The minimum Gasteiger partial charge on any atom is -0.497 e. The summed E-state index contributed by atoms with van der Waals surface area (Å²) in [5.74, 6) is -3.85. The molecule has 1 unspecified atom stereocenters. The molecule has 1 aromatic rings. The topological polar surface area (TPSA) is 91.3 Å². The number of aliphatic hydroxyl groups is 1. The summed E-state index contributed by atoms with van der Waals surface area (Å²) in [5.41, 5.74) is 0.0842. The van der Waals surface area contributed by atoms with Crippen LogP contribution in [0.4, 0.5) is 0 Å². The van der Waals surface area contributed by atoms with E-state index in [4.69, 9.17) is 9.47 Å². The molecule has 112 valence electrons. The molecule has 0 radical (unpaired) electrons. The van der Waals surface area contributed by atoms with Crippen LogP contribution in [-0.4, -0.2) is 44.2 Å². The number of rotatable bonds is 3. The van der Waals surface area contributed by atoms with E-state index in [1.165, 1.54) is 19.3 Å². The average molecular weight is 294 g/mol. The highest BCUT2D eigenvalue weighted by molar-refractivity contribution is 6.04. The lowest BCUT2D eigenvalue weighted by Gasteiger charge is -2.31. The number of methoxy groups -OCH3 is 3. The third-order valence-electron chi connectivity index (χ3n) is 3.01. The molecule has 0 amide bonds. The van der Waals surface area contributed by atoms with Crippen LogP contribution in [0.25, 0.3) is 6.08 Å². The molecule has 0 saturated carbocycles. The first-order valence-electron chi connectivity index (χ1n) is 5.94. The van der Waals surface area contributed by atoms with Gasteiger partial charge in [-0.2, -0.15) is 0 Å². The SMILES string of the molecule is COC(=O)C1=Cc2cc(OC)ccc2OC1(O)C(=O)OC. The number of hydrogen-bond donors (Lipinski definition) is 1. The van der Waals surface area contributed by atoms with Crippen molar-refractivity contribution in [3.05, 3.63) is 29.3 Å². The Hall–Kier alpha value is -2.54. The van der Waals surface area contributed by atoms with Gasteiger partial charge in [0.2, 0.25) is 0 Å². The fraction of sp³-hybridized carbons (Fsp3) is 0.286. The highest BCUT2D eigenvalue weighted by Crippen LogP contribution is 2.37. The van der Waals surface area contributed by atoms with Crippen molar-refractivity contribution in [3.63, 3.8) is 0 Å². The van der Waals surface area contributed by atoms with Crippen molar-refractivity contribution in [1.29, 1.82) is 0 Å². The van der Waals surface area contributed by atoms with Gasteiger partial charge >= 0.3 is 17.7 Å². The maximum atomic E-state index is 11.8. The van der Waals surface area contributed by atoms with Gasteiger partial charge in [0.15, 0.2) is 0 Å². The molecule has 0 bridgehead atoms. The van der Waals surface area contributed by atoms with Gasteiger partial charge in [-0.1, -0.05) is 0 Å². The lowest BCUT2D eigenvalue weighted by atomic mass is 9.98. The highest BCUT2D eigenvalue weighted by Gasteiger charge is 2.50. The number of fused-ring (bicyclic) bond motifs is 1. The largest absolute Gasteiger partial charge is 0.497 e. The van der Waals surface area contributed by atoms with Crippen molar-refractivity contribution >= 4 is 18.0 Å². The maximum Gasteiger partial charge on any atom is 0.384 e. The van der Waals surface area contributed by atoms with E-state index in [0.717, 1.165) is 14.2 Å². The fourth-order valence-electron chi connectivity index (χ4n) is 1.92. The number of carbonyl (C=O) groups is 2. The zero-order chi connectivity index (χ0) is 15.6. The molecule has 0 fully saturated rings. The first kappa shape index (κ1) is 14.9. The molecule has 1 aliphatic heterocycles. The molecule has 0 aromatic heterocycles. The van der Waals surface area contributed by atoms with E-state index in [1.807, 2.05) is 0 Å². The molecule has 1 heterocycles. The Balaban J connectivity index is 2.59. The van der Waals surface area contributed by atoms with Crippen molar-refractivity contribution in [2.75, 3.05) is 21.3 Å². The van der Waals surface area contributed by atoms with Crippen molar-refractivity contribution in [2.24, 2.45) is 0 Å². The van der Waals surface area contributed by atoms with Crippen LogP contribution in [0, 0.1) is 0 Å². The second kappa shape index (κ2) is 5.45. The van der Waals surface area contributed by atoms with E-state index >= 15 is 0 Å². The van der Waals surface area contributed by atoms with Crippen LogP contribution in [0.15, 0.2) is 23.8 Å². The fourth-order valence-corrected chi connectivity index (χ4v) is 1.92. The average Bonchev–Trinajstić information content (AvgIpc) is 2.52. The molecular weight excluding hydrogens is 280 g/mol. The predicted molar refractivity (Wildman–Crippen MR) is 70.6 cm³/mol. The molecule has 21 heavy (non-hydrogen) atoms. The minimum atomic E-state index is -2.55. The summed E-state index contributed by atoms with van der Waals surface area (Å²) in [5, 5.41) is 10.4. The lowest BCUT2D eigenvalue weighted by molar-refractivity contribution is -0.189. The Bertz CT molecular complexity index is 620. The second-order valence-corrected chi connectivity index (χ2v) is 4.19. The van der Waals surface area contributed by atoms with Crippen LogP contribution in [0.3, 0.4) is 0 Å². The zero-order valence-electron chi connectivity index (χ0n) is 11.7. The Morgan fingerprint density at radius 2 is 1.90 bits per heavy atom. The van der Waals surface area contributed by atoms with E-state index in [1.54, 1.807) is 12.1 Å². The number of hydrogen-bond acceptors (Lipinski definition) is 7. The van der Waals surface area contributed by atoms with Gasteiger partial charge in [-0.15, -0.1) is 0 Å². The van der Waals surface area contributed by atoms with Gasteiger partial charge in [-0.25, -0.2) is 9.59 Å². The van der Waals surface area contributed by atoms with Gasteiger partial charge in [-0.05, 0) is 24.3 Å². The Morgan fingerprint density at radius 1 is 1.19 bits per heavy atom. The maximum absolute atomic E-state index is 11.8. The monoisotopic (exact) mass is 294 g/mol. The summed E-state index contributed by atoms with van der Waals surface area (Å²) < 4.78 is 19.4. The van der Waals surface area contributed by atoms with Crippen molar-refractivity contribution in [2.45, 2.75) is 5.79 Å². The zero-order valence-corrected chi connectivity index (χ0v) is 11.7. The summed E-state index contributed by atoms with van der Waals surface area (Å²) in [7, 11) is 3.69. The Labute approximate surface area is 120 Å². The summed E-state index contributed by atoms with van der Waals surface area (Å²) in [6, 6.07) is 4.69. The molecule has 1 atom stereocenters. The van der Waals surface area contributed by atoms with Gasteiger partial charge in [0, 0.05) is 5.56 Å². The first-order chi connectivity index (χ1) is 9.96. The van der Waals surface area contributed by atoms with E-state index < -0.39 is 17.7 Å². The number of carbonyl (C=O) groups excluding carboxylic acids is 2. The predicted octanol–water partition coefficient (Wildman–Crippen LogP) is 0.506. The standard InChI is InChI=1S/C14H14O7/c1-18-9-4-5-11-8(6-9)7-10(12(15)19-2)14(17,21-11)13(16)20-3/h4-7,17H,1-3H3. The molecule has 0 aliphatic carbocycles. The molecule has 1 aromatic carbocycles. The molecule has 1 N–H and O–H groups in total. The van der Waals surface area contributed by atoms with Crippen molar-refractivity contribution < 1.29 is 33.6 Å². The highest BCUT2D eigenvalue weighted by atomic mass is 16.7. The lowest BCUT2D eigenvalue weighted by Crippen LogP contribution is -2.50. The smallest absolute Gasteiger partial charge is 0.384 e. The molecule has 7 heteroatoms. The third kappa shape index (κ3) is 2.43. The number of esters is 2. The van der Waals surface area contributed by atoms with Gasteiger partial charge in [0.25, 0.3) is 0 Å². The van der Waals surface area contributed by atoms with Crippen LogP contribution < -0.4 is 9.47 Å². The minimum absolute atomic E-state index is 0.205. The van der Waals surface area contributed by atoms with Crippen LogP contribution in [0.5, 0.6) is 11.5 Å². The van der Waals surface area contributed by atoms with Gasteiger partial charge in [0.1, 0.15) is 17.1 Å². The molecule has 2 rings (SSSR count). The molecule has 7 nitrogen and oxygen atoms in total. The summed E-state index contributed by atoms with van der Waals surface area (Å²) in [6.07, 6.45) is 1.30. The first-order valence-corrected chi connectivity index (χ1v) is 5.94. The van der Waals surface area contributed by atoms with Crippen molar-refractivity contribution in [3.8, 4) is 11.5 Å². The van der Waals surface area contributed by atoms with Gasteiger partial charge in [-0.3, -0.25) is 0 Å². The van der Waals surface area contributed by atoms with E-state index in [9.17, 15) is 14.7 Å².